The van der Waals surface area contributed by atoms with Gasteiger partial charge >= 0.3 is 6.04 Å². The second kappa shape index (κ2) is 2.80. The lowest BCUT2D eigenvalue weighted by Gasteiger charge is -1.90. The molecule has 1 aromatic carbocycles. The molecule has 0 unspecified atom stereocenters. The van der Waals surface area contributed by atoms with E-state index in [-0.39, 0.29) is 5.56 Å². The average molecular weight is 159 g/mol. The highest BCUT2D eigenvalue weighted by molar-refractivity contribution is 6.30. The molecule has 0 heterocycles. The first-order chi connectivity index (χ1) is 4.70. The van der Waals surface area contributed by atoms with Gasteiger partial charge in [0.25, 0.3) is 0 Å². The molecule has 0 atom stereocenters. The van der Waals surface area contributed by atoms with Crippen molar-refractivity contribution in [3.63, 3.8) is 0 Å². The van der Waals surface area contributed by atoms with Crippen molar-refractivity contribution in [1.82, 2.24) is 0 Å². The zero-order chi connectivity index (χ0) is 7.56. The Kier molecular flexibility index (Phi) is 2.02. The van der Waals surface area contributed by atoms with Crippen molar-refractivity contribution in [3.8, 4) is 0 Å². The van der Waals surface area contributed by atoms with E-state index in [1.165, 1.54) is 18.2 Å². The summed E-state index contributed by atoms with van der Waals surface area (Å²) in [5, 5.41) is 0.364. The largest absolute Gasteiger partial charge is 0.332 e. The van der Waals surface area contributed by atoms with Gasteiger partial charge in [0.05, 0.1) is 5.56 Å². The molecule has 1 rings (SSSR count). The van der Waals surface area contributed by atoms with Crippen LogP contribution in [0.3, 0.4) is 0 Å². The number of rotatable bonds is 1. The quantitative estimate of drug-likeness (QED) is 0.574. The van der Waals surface area contributed by atoms with Crippen LogP contribution in [-0.4, -0.2) is 6.04 Å². The van der Waals surface area contributed by atoms with Crippen molar-refractivity contribution in [2.75, 3.05) is 0 Å². The van der Waals surface area contributed by atoms with E-state index in [2.05, 4.69) is 0 Å². The summed E-state index contributed by atoms with van der Waals surface area (Å²) in [5.41, 5.74) is -0.00694. The van der Waals surface area contributed by atoms with Crippen LogP contribution >= 0.6 is 11.6 Å². The third-order valence-electron chi connectivity index (χ3n) is 1.05. The lowest BCUT2D eigenvalue weighted by Crippen LogP contribution is -1.87. The van der Waals surface area contributed by atoms with Gasteiger partial charge in [-0.3, -0.25) is 4.79 Å². The van der Waals surface area contributed by atoms with E-state index in [1.807, 2.05) is 0 Å². The maximum Gasteiger partial charge on any atom is 0.332 e. The van der Waals surface area contributed by atoms with Crippen molar-refractivity contribution >= 4 is 17.6 Å². The molecule has 0 bridgehead atoms. The minimum atomic E-state index is -1.46. The zero-order valence-corrected chi connectivity index (χ0v) is 5.73. The van der Waals surface area contributed by atoms with Crippen LogP contribution in [0.4, 0.5) is 4.39 Å². The molecule has 0 amide bonds. The van der Waals surface area contributed by atoms with E-state index < -0.39 is 6.04 Å². The van der Waals surface area contributed by atoms with Crippen LogP contribution in [0.5, 0.6) is 0 Å². The molecule has 0 aliphatic rings. The van der Waals surface area contributed by atoms with Crippen LogP contribution < -0.4 is 0 Å². The van der Waals surface area contributed by atoms with E-state index >= 15 is 0 Å². The molecular formula is C7H4ClFO. The highest BCUT2D eigenvalue weighted by Crippen LogP contribution is 2.10. The molecule has 0 saturated heterocycles. The van der Waals surface area contributed by atoms with Crippen molar-refractivity contribution in [1.29, 1.82) is 0 Å². The number of carbonyl (C=O) groups is 1. The predicted molar refractivity (Wildman–Crippen MR) is 36.9 cm³/mol. The molecule has 0 radical (unpaired) electrons. The Hall–Kier alpha value is -0.890. The maximum atomic E-state index is 11.9. The van der Waals surface area contributed by atoms with Gasteiger partial charge in [-0.15, -0.1) is 0 Å². The number of hydrogen-bond acceptors (Lipinski definition) is 1. The minimum Gasteiger partial charge on any atom is -0.255 e. The van der Waals surface area contributed by atoms with E-state index in [0.29, 0.717) is 5.02 Å². The SMILES string of the molecule is O=C(F)c1cccc(Cl)c1. The first kappa shape index (κ1) is 7.22. The van der Waals surface area contributed by atoms with Gasteiger partial charge in [-0.1, -0.05) is 17.7 Å². The first-order valence-corrected chi connectivity index (χ1v) is 3.03. The highest BCUT2D eigenvalue weighted by Gasteiger charge is 2.01. The molecule has 0 aromatic heterocycles. The summed E-state index contributed by atoms with van der Waals surface area (Å²) in [6, 6.07) is 4.30. The van der Waals surface area contributed by atoms with Gasteiger partial charge < -0.3 is 0 Å². The van der Waals surface area contributed by atoms with Gasteiger partial charge in [0, 0.05) is 5.02 Å². The van der Waals surface area contributed by atoms with Crippen molar-refractivity contribution < 1.29 is 9.18 Å². The topological polar surface area (TPSA) is 17.1 Å². The summed E-state index contributed by atoms with van der Waals surface area (Å²) in [6.07, 6.45) is 0. The Bertz CT molecular complexity index is 260. The lowest BCUT2D eigenvalue weighted by molar-refractivity contribution is 0.0836. The molecule has 3 heteroatoms. The zero-order valence-electron chi connectivity index (χ0n) is 4.97. The highest BCUT2D eigenvalue weighted by atomic mass is 35.5. The molecule has 10 heavy (non-hydrogen) atoms. The van der Waals surface area contributed by atoms with Crippen LogP contribution in [-0.2, 0) is 0 Å². The summed E-state index contributed by atoms with van der Waals surface area (Å²) in [5.74, 6) is 0. The van der Waals surface area contributed by atoms with Crippen LogP contribution in [0.1, 0.15) is 10.4 Å². The fourth-order valence-corrected chi connectivity index (χ4v) is 0.801. The standard InChI is InChI=1S/C7H4ClFO/c8-6-3-1-2-5(4-6)7(9)10/h1-4H. The van der Waals surface area contributed by atoms with Gasteiger partial charge in [-0.25, -0.2) is 0 Å². The smallest absolute Gasteiger partial charge is 0.255 e. The maximum absolute atomic E-state index is 11.9. The van der Waals surface area contributed by atoms with E-state index in [4.69, 9.17) is 11.6 Å². The third kappa shape index (κ3) is 1.54. The number of halogens is 2. The fraction of sp³-hybridized carbons (Fsp3) is 0. The van der Waals surface area contributed by atoms with Crippen molar-refractivity contribution in [2.45, 2.75) is 0 Å². The van der Waals surface area contributed by atoms with Gasteiger partial charge in [0.1, 0.15) is 0 Å². The first-order valence-electron chi connectivity index (χ1n) is 2.65. The molecule has 0 fully saturated rings. The predicted octanol–water partition coefficient (Wildman–Crippen LogP) is 2.45. The van der Waals surface area contributed by atoms with Crippen molar-refractivity contribution in [3.05, 3.63) is 34.9 Å². The molecule has 0 aliphatic carbocycles. The number of benzene rings is 1. The molecular weight excluding hydrogens is 155 g/mol. The molecule has 0 aliphatic heterocycles. The van der Waals surface area contributed by atoms with Gasteiger partial charge in [0.15, 0.2) is 0 Å². The Balaban J connectivity index is 3.07. The normalized spacial score (nSPS) is 9.40. The summed E-state index contributed by atoms with van der Waals surface area (Å²) in [7, 11) is 0. The monoisotopic (exact) mass is 158 g/mol. The molecule has 52 valence electrons. The molecule has 0 spiro atoms. The van der Waals surface area contributed by atoms with Crippen LogP contribution in [0.2, 0.25) is 5.02 Å². The third-order valence-corrected chi connectivity index (χ3v) is 1.29. The second-order valence-electron chi connectivity index (χ2n) is 1.78. The van der Waals surface area contributed by atoms with Crippen molar-refractivity contribution in [2.24, 2.45) is 0 Å². The van der Waals surface area contributed by atoms with E-state index in [9.17, 15) is 9.18 Å². The molecule has 0 N–H and O–H groups in total. The summed E-state index contributed by atoms with van der Waals surface area (Å²) < 4.78 is 11.9. The number of hydrogen-bond donors (Lipinski definition) is 0. The van der Waals surface area contributed by atoms with Gasteiger partial charge in [-0.05, 0) is 18.2 Å². The number of carbonyl (C=O) groups excluding carboxylic acids is 1. The lowest BCUT2D eigenvalue weighted by atomic mass is 10.2. The second-order valence-corrected chi connectivity index (χ2v) is 2.22. The Morgan fingerprint density at radius 1 is 1.50 bits per heavy atom. The average Bonchev–Trinajstić information content (AvgIpc) is 1.88. The Labute approximate surface area is 62.4 Å². The molecule has 1 aromatic rings. The summed E-state index contributed by atoms with van der Waals surface area (Å²) in [6.45, 7) is 0. The molecule has 0 saturated carbocycles. The van der Waals surface area contributed by atoms with Crippen LogP contribution in [0.25, 0.3) is 0 Å². The Morgan fingerprint density at radius 2 is 2.20 bits per heavy atom. The summed E-state index contributed by atoms with van der Waals surface area (Å²) in [4.78, 5) is 10.1. The van der Waals surface area contributed by atoms with E-state index in [1.54, 1.807) is 6.07 Å². The minimum absolute atomic E-state index is 0.00694. The van der Waals surface area contributed by atoms with Gasteiger partial charge in [-0.2, -0.15) is 4.39 Å². The summed E-state index contributed by atoms with van der Waals surface area (Å²) >= 11 is 5.47. The van der Waals surface area contributed by atoms with Crippen LogP contribution in [0.15, 0.2) is 24.3 Å². The van der Waals surface area contributed by atoms with E-state index in [0.717, 1.165) is 0 Å². The Morgan fingerprint density at radius 3 is 2.60 bits per heavy atom. The van der Waals surface area contributed by atoms with Gasteiger partial charge in [0.2, 0.25) is 0 Å². The molecule has 1 nitrogen and oxygen atoms in total. The van der Waals surface area contributed by atoms with Crippen LogP contribution in [0, 0.1) is 0 Å². The fourth-order valence-electron chi connectivity index (χ4n) is 0.611.